The molecule has 0 saturated heterocycles. The number of rotatable bonds is 8. The topological polar surface area (TPSA) is 87.1 Å². The average molecular weight is 322 g/mol. The van der Waals surface area contributed by atoms with E-state index in [0.717, 1.165) is 0 Å². The summed E-state index contributed by atoms with van der Waals surface area (Å²) in [5, 5.41) is 18.5. The molecule has 0 aliphatic rings. The van der Waals surface area contributed by atoms with E-state index < -0.39 is 16.2 Å². The summed E-state index contributed by atoms with van der Waals surface area (Å²) in [6.07, 6.45) is 0. The van der Waals surface area contributed by atoms with Gasteiger partial charge in [0.1, 0.15) is 0 Å². The zero-order valence-electron chi connectivity index (χ0n) is 11.1. The molecule has 0 aliphatic heterocycles. The van der Waals surface area contributed by atoms with E-state index in [1.54, 1.807) is 0 Å². The first kappa shape index (κ1) is 17.4. The molecule has 0 amide bonds. The van der Waals surface area contributed by atoms with Crippen molar-refractivity contribution in [2.75, 3.05) is 33.4 Å². The molecule has 6 nitrogen and oxygen atoms in total. The fraction of sp³-hybridized carbons (Fsp3) is 0.455. The molecule has 0 spiro atoms. The molecular weight excluding hydrogens is 304 g/mol. The van der Waals surface area contributed by atoms with E-state index in [-0.39, 0.29) is 18.1 Å². The van der Waals surface area contributed by atoms with Gasteiger partial charge < -0.3 is 19.7 Å². The van der Waals surface area contributed by atoms with Crippen molar-refractivity contribution < 1.29 is 23.2 Å². The number of benzene rings is 1. The molecule has 0 aliphatic carbocycles. The molecule has 1 rings (SSSR count). The van der Waals surface area contributed by atoms with Gasteiger partial charge in [-0.1, -0.05) is 12.1 Å². The molecule has 0 radical (unpaired) electrons. The molecule has 1 aromatic rings. The fourth-order valence-corrected chi connectivity index (χ4v) is 2.26. The van der Waals surface area contributed by atoms with E-state index in [0.29, 0.717) is 18.6 Å². The van der Waals surface area contributed by atoms with Gasteiger partial charge in [0, 0.05) is 30.4 Å². The Labute approximate surface area is 123 Å². The third-order valence-corrected chi connectivity index (χ3v) is 4.05. The Balaban J connectivity index is 2.50. The second-order valence-corrected chi connectivity index (χ2v) is 6.82. The lowest BCUT2D eigenvalue weighted by atomic mass is 9.80. The van der Waals surface area contributed by atoms with Crippen LogP contribution in [0.4, 0.5) is 0 Å². The van der Waals surface area contributed by atoms with Crippen molar-refractivity contribution in [2.45, 2.75) is 4.90 Å². The van der Waals surface area contributed by atoms with E-state index in [4.69, 9.17) is 20.4 Å². The van der Waals surface area contributed by atoms with Crippen molar-refractivity contribution in [2.24, 2.45) is 0 Å². The SMILES string of the molecule is CN(CCO)CCOB(O)c1ccc(S(=O)(=O)Cl)cc1. The second kappa shape index (κ2) is 7.97. The van der Waals surface area contributed by atoms with Gasteiger partial charge in [-0.15, -0.1) is 0 Å². The average Bonchev–Trinajstić information content (AvgIpc) is 2.38. The molecule has 20 heavy (non-hydrogen) atoms. The molecule has 9 heteroatoms. The summed E-state index contributed by atoms with van der Waals surface area (Å²) in [6, 6.07) is 5.50. The minimum absolute atomic E-state index is 0.0298. The minimum Gasteiger partial charge on any atom is -0.423 e. The van der Waals surface area contributed by atoms with Crippen LogP contribution in [0.25, 0.3) is 0 Å². The van der Waals surface area contributed by atoms with E-state index in [1.165, 1.54) is 24.3 Å². The maximum absolute atomic E-state index is 11.1. The van der Waals surface area contributed by atoms with Crippen molar-refractivity contribution in [1.82, 2.24) is 4.90 Å². The third-order valence-electron chi connectivity index (χ3n) is 2.68. The number of halogens is 1. The second-order valence-electron chi connectivity index (χ2n) is 4.26. The van der Waals surface area contributed by atoms with E-state index in [2.05, 4.69) is 0 Å². The lowest BCUT2D eigenvalue weighted by Crippen LogP contribution is -2.36. The number of hydrogen-bond acceptors (Lipinski definition) is 6. The summed E-state index contributed by atoms with van der Waals surface area (Å²) < 4.78 is 27.4. The van der Waals surface area contributed by atoms with Gasteiger partial charge in [0.25, 0.3) is 9.05 Å². The number of aliphatic hydroxyl groups excluding tert-OH is 1. The highest BCUT2D eigenvalue weighted by molar-refractivity contribution is 8.13. The van der Waals surface area contributed by atoms with Crippen molar-refractivity contribution >= 4 is 32.3 Å². The molecule has 0 fully saturated rings. The zero-order chi connectivity index (χ0) is 15.2. The van der Waals surface area contributed by atoms with E-state index >= 15 is 0 Å². The number of likely N-dealkylation sites (N-methyl/N-ethyl adjacent to an activating group) is 1. The lowest BCUT2D eigenvalue weighted by Gasteiger charge is -2.16. The Morgan fingerprint density at radius 3 is 2.40 bits per heavy atom. The van der Waals surface area contributed by atoms with Crippen LogP contribution in [-0.4, -0.2) is 63.9 Å². The van der Waals surface area contributed by atoms with Crippen LogP contribution in [0.2, 0.25) is 0 Å². The Kier molecular flexibility index (Phi) is 6.94. The molecule has 1 aromatic carbocycles. The summed E-state index contributed by atoms with van der Waals surface area (Å²) in [4.78, 5) is 1.83. The Morgan fingerprint density at radius 2 is 1.90 bits per heavy atom. The first-order valence-corrected chi connectivity index (χ1v) is 8.29. The van der Waals surface area contributed by atoms with Gasteiger partial charge in [0.2, 0.25) is 0 Å². The zero-order valence-corrected chi connectivity index (χ0v) is 12.6. The molecule has 0 atom stereocenters. The summed E-state index contributed by atoms with van der Waals surface area (Å²) in [7, 11) is 2.12. The molecule has 2 N–H and O–H groups in total. The smallest absolute Gasteiger partial charge is 0.423 e. The number of hydrogen-bond donors (Lipinski definition) is 2. The molecule has 0 unspecified atom stereocenters. The van der Waals surface area contributed by atoms with Gasteiger partial charge in [-0.25, -0.2) is 8.42 Å². The van der Waals surface area contributed by atoms with Crippen LogP contribution in [0.3, 0.4) is 0 Å². The summed E-state index contributed by atoms with van der Waals surface area (Å²) in [6.45, 7) is 1.44. The Morgan fingerprint density at radius 1 is 1.30 bits per heavy atom. The van der Waals surface area contributed by atoms with Gasteiger partial charge in [0.05, 0.1) is 11.5 Å². The monoisotopic (exact) mass is 321 g/mol. The van der Waals surface area contributed by atoms with Crippen molar-refractivity contribution in [3.63, 3.8) is 0 Å². The third kappa shape index (κ3) is 5.78. The first-order chi connectivity index (χ1) is 9.34. The van der Waals surface area contributed by atoms with Crippen LogP contribution < -0.4 is 5.46 Å². The first-order valence-electron chi connectivity index (χ1n) is 5.98. The number of nitrogens with zero attached hydrogens (tertiary/aromatic N) is 1. The van der Waals surface area contributed by atoms with Crippen LogP contribution in [0, 0.1) is 0 Å². The summed E-state index contributed by atoms with van der Waals surface area (Å²) in [5.74, 6) is 0. The van der Waals surface area contributed by atoms with E-state index in [9.17, 15) is 13.4 Å². The largest absolute Gasteiger partial charge is 0.491 e. The van der Waals surface area contributed by atoms with Crippen LogP contribution in [0.5, 0.6) is 0 Å². The van der Waals surface area contributed by atoms with Gasteiger partial charge in [-0.2, -0.15) is 0 Å². The van der Waals surface area contributed by atoms with Crippen LogP contribution in [0.15, 0.2) is 29.2 Å². The molecular formula is C11H17BClNO5S. The molecule has 0 aromatic heterocycles. The highest BCUT2D eigenvalue weighted by Crippen LogP contribution is 2.12. The van der Waals surface area contributed by atoms with Crippen LogP contribution >= 0.6 is 10.7 Å². The number of aliphatic hydroxyl groups is 1. The molecule has 0 heterocycles. The van der Waals surface area contributed by atoms with Crippen molar-refractivity contribution in [3.05, 3.63) is 24.3 Å². The molecule has 0 saturated carbocycles. The van der Waals surface area contributed by atoms with Crippen LogP contribution in [0.1, 0.15) is 0 Å². The fourth-order valence-electron chi connectivity index (χ4n) is 1.49. The van der Waals surface area contributed by atoms with E-state index in [1.807, 2.05) is 11.9 Å². The normalized spacial score (nSPS) is 11.8. The van der Waals surface area contributed by atoms with Gasteiger partial charge >= 0.3 is 7.12 Å². The predicted molar refractivity (Wildman–Crippen MR) is 77.6 cm³/mol. The van der Waals surface area contributed by atoms with Crippen molar-refractivity contribution in [1.29, 1.82) is 0 Å². The molecule has 112 valence electrons. The summed E-state index contributed by atoms with van der Waals surface area (Å²) >= 11 is 0. The minimum atomic E-state index is -3.76. The quantitative estimate of drug-likeness (QED) is 0.483. The van der Waals surface area contributed by atoms with Gasteiger partial charge in [0.15, 0.2) is 0 Å². The highest BCUT2D eigenvalue weighted by Gasteiger charge is 2.18. The molecule has 0 bridgehead atoms. The standard InChI is InChI=1S/C11H17BClNO5S/c1-14(6-8-15)7-9-19-12(16)10-2-4-11(5-3-10)20(13,17)18/h2-5,15-16H,6-9H2,1H3. The lowest BCUT2D eigenvalue weighted by molar-refractivity contribution is 0.183. The maximum atomic E-state index is 11.1. The van der Waals surface area contributed by atoms with Gasteiger partial charge in [-0.3, -0.25) is 0 Å². The highest BCUT2D eigenvalue weighted by atomic mass is 35.7. The maximum Gasteiger partial charge on any atom is 0.491 e. The van der Waals surface area contributed by atoms with Gasteiger partial charge in [-0.05, 0) is 24.6 Å². The Hall–Kier alpha value is -0.635. The van der Waals surface area contributed by atoms with Crippen LogP contribution in [-0.2, 0) is 13.7 Å². The van der Waals surface area contributed by atoms with Crippen molar-refractivity contribution in [3.8, 4) is 0 Å². The summed E-state index contributed by atoms with van der Waals surface area (Å²) in [5.41, 5.74) is 0.443. The predicted octanol–water partition coefficient (Wildman–Crippen LogP) is -0.758. The Bertz CT molecular complexity index is 510.